The van der Waals surface area contributed by atoms with Crippen LogP contribution in [0.5, 0.6) is 0 Å². The van der Waals surface area contributed by atoms with Gasteiger partial charge in [0.1, 0.15) is 0 Å². The highest BCUT2D eigenvalue weighted by Crippen LogP contribution is 2.33. The number of nitrogens with zero attached hydrogens (tertiary/aromatic N) is 2. The standard InChI is InChI=1S/C18H22N2O2.C2H6/c21-17-14-7-1-2-8-15(14)18(22)20(17)12-13-6-5-11-19-10-4-3-9-16(13)19;1-2/h1-2,7-8,13,16H,3-6,9-12H2;1-2H3. The molecule has 3 aliphatic rings. The third-order valence-corrected chi connectivity index (χ3v) is 5.52. The molecule has 0 aromatic heterocycles. The van der Waals surface area contributed by atoms with Gasteiger partial charge in [-0.2, -0.15) is 0 Å². The van der Waals surface area contributed by atoms with Crippen LogP contribution in [0.3, 0.4) is 0 Å². The SMILES string of the molecule is CC.O=C1c2ccccc2C(=O)N1CC1CCCN2CCCCC12. The van der Waals surface area contributed by atoms with E-state index in [1.165, 1.54) is 43.7 Å². The van der Waals surface area contributed by atoms with E-state index in [-0.39, 0.29) is 11.8 Å². The molecule has 0 bridgehead atoms. The number of fused-ring (bicyclic) bond motifs is 2. The molecular formula is C20H28N2O2. The van der Waals surface area contributed by atoms with Crippen LogP contribution in [0.15, 0.2) is 24.3 Å². The van der Waals surface area contributed by atoms with E-state index in [1.807, 2.05) is 26.0 Å². The molecule has 2 fully saturated rings. The van der Waals surface area contributed by atoms with Gasteiger partial charge in [-0.1, -0.05) is 32.4 Å². The van der Waals surface area contributed by atoms with Crippen molar-refractivity contribution < 1.29 is 9.59 Å². The van der Waals surface area contributed by atoms with E-state index in [0.717, 1.165) is 6.42 Å². The second-order valence-corrected chi connectivity index (χ2v) is 6.77. The van der Waals surface area contributed by atoms with Crippen molar-refractivity contribution in [2.45, 2.75) is 52.0 Å². The molecule has 4 rings (SSSR count). The molecule has 0 radical (unpaired) electrons. The third-order valence-electron chi connectivity index (χ3n) is 5.52. The fraction of sp³-hybridized carbons (Fsp3) is 0.600. The van der Waals surface area contributed by atoms with Gasteiger partial charge >= 0.3 is 0 Å². The molecular weight excluding hydrogens is 300 g/mol. The average Bonchev–Trinajstić information content (AvgIpc) is 2.89. The van der Waals surface area contributed by atoms with Gasteiger partial charge in [0.25, 0.3) is 11.8 Å². The highest BCUT2D eigenvalue weighted by atomic mass is 16.2. The molecule has 4 heteroatoms. The molecule has 130 valence electrons. The van der Waals surface area contributed by atoms with Gasteiger partial charge in [0, 0.05) is 12.6 Å². The maximum absolute atomic E-state index is 12.5. The molecule has 4 nitrogen and oxygen atoms in total. The first-order chi connectivity index (χ1) is 11.8. The van der Waals surface area contributed by atoms with Crippen molar-refractivity contribution in [2.75, 3.05) is 19.6 Å². The van der Waals surface area contributed by atoms with Crippen molar-refractivity contribution >= 4 is 11.8 Å². The summed E-state index contributed by atoms with van der Waals surface area (Å²) in [7, 11) is 0. The van der Waals surface area contributed by atoms with Crippen LogP contribution < -0.4 is 0 Å². The lowest BCUT2D eigenvalue weighted by atomic mass is 9.83. The predicted octanol–water partition coefficient (Wildman–Crippen LogP) is 3.57. The Labute approximate surface area is 144 Å². The molecule has 24 heavy (non-hydrogen) atoms. The number of carbonyl (C=O) groups is 2. The van der Waals surface area contributed by atoms with Gasteiger partial charge in [0.15, 0.2) is 0 Å². The number of imide groups is 1. The zero-order valence-corrected chi connectivity index (χ0v) is 14.8. The van der Waals surface area contributed by atoms with E-state index in [2.05, 4.69) is 4.90 Å². The minimum Gasteiger partial charge on any atom is -0.300 e. The molecule has 0 aliphatic carbocycles. The van der Waals surface area contributed by atoms with Crippen molar-refractivity contribution in [1.82, 2.24) is 9.80 Å². The molecule has 2 unspecified atom stereocenters. The van der Waals surface area contributed by atoms with E-state index in [1.54, 1.807) is 12.1 Å². The van der Waals surface area contributed by atoms with Crippen molar-refractivity contribution in [3.8, 4) is 0 Å². The lowest BCUT2D eigenvalue weighted by Gasteiger charge is -2.45. The first-order valence-corrected chi connectivity index (χ1v) is 9.45. The quantitative estimate of drug-likeness (QED) is 0.779. The van der Waals surface area contributed by atoms with Crippen molar-refractivity contribution in [3.63, 3.8) is 0 Å². The number of hydrogen-bond acceptors (Lipinski definition) is 3. The fourth-order valence-electron chi connectivity index (χ4n) is 4.43. The lowest BCUT2D eigenvalue weighted by molar-refractivity contribution is 0.0353. The Balaban J connectivity index is 0.000000815. The summed E-state index contributed by atoms with van der Waals surface area (Å²) < 4.78 is 0. The van der Waals surface area contributed by atoms with Crippen molar-refractivity contribution in [3.05, 3.63) is 35.4 Å². The van der Waals surface area contributed by atoms with Gasteiger partial charge < -0.3 is 4.90 Å². The number of benzene rings is 1. The van der Waals surface area contributed by atoms with Gasteiger partial charge in [-0.3, -0.25) is 14.5 Å². The second-order valence-electron chi connectivity index (χ2n) is 6.77. The Hall–Kier alpha value is -1.68. The second kappa shape index (κ2) is 7.47. The molecule has 2 saturated heterocycles. The van der Waals surface area contributed by atoms with Crippen LogP contribution in [-0.4, -0.2) is 47.3 Å². The summed E-state index contributed by atoms with van der Waals surface area (Å²) >= 11 is 0. The number of rotatable bonds is 2. The molecule has 3 aliphatic heterocycles. The summed E-state index contributed by atoms with van der Waals surface area (Å²) in [6, 6.07) is 7.76. The topological polar surface area (TPSA) is 40.6 Å². The van der Waals surface area contributed by atoms with Crippen LogP contribution in [0.25, 0.3) is 0 Å². The highest BCUT2D eigenvalue weighted by molar-refractivity contribution is 6.21. The summed E-state index contributed by atoms with van der Waals surface area (Å²) in [5.41, 5.74) is 1.15. The largest absolute Gasteiger partial charge is 0.300 e. The molecule has 2 amide bonds. The highest BCUT2D eigenvalue weighted by Gasteiger charge is 2.40. The maximum Gasteiger partial charge on any atom is 0.261 e. The van der Waals surface area contributed by atoms with E-state index >= 15 is 0 Å². The Morgan fingerprint density at radius 3 is 2.21 bits per heavy atom. The third kappa shape index (κ3) is 3.00. The minimum atomic E-state index is -0.103. The van der Waals surface area contributed by atoms with Crippen LogP contribution in [0, 0.1) is 5.92 Å². The van der Waals surface area contributed by atoms with Crippen molar-refractivity contribution in [1.29, 1.82) is 0 Å². The van der Waals surface area contributed by atoms with Crippen LogP contribution in [0.4, 0.5) is 0 Å². The number of hydrogen-bond donors (Lipinski definition) is 0. The Morgan fingerprint density at radius 1 is 0.917 bits per heavy atom. The van der Waals surface area contributed by atoms with Gasteiger partial charge in [-0.15, -0.1) is 0 Å². The minimum absolute atomic E-state index is 0.103. The predicted molar refractivity (Wildman–Crippen MR) is 95.1 cm³/mol. The van der Waals surface area contributed by atoms with E-state index in [0.29, 0.717) is 29.6 Å². The molecule has 3 heterocycles. The van der Waals surface area contributed by atoms with Crippen LogP contribution >= 0.6 is 0 Å². The van der Waals surface area contributed by atoms with Crippen LogP contribution in [-0.2, 0) is 0 Å². The summed E-state index contributed by atoms with van der Waals surface area (Å²) in [6.45, 7) is 6.96. The molecule has 1 aromatic rings. The van der Waals surface area contributed by atoms with E-state index in [4.69, 9.17) is 0 Å². The monoisotopic (exact) mass is 328 g/mol. The Bertz CT molecular complexity index is 576. The smallest absolute Gasteiger partial charge is 0.261 e. The zero-order valence-electron chi connectivity index (χ0n) is 14.8. The summed E-state index contributed by atoms with van der Waals surface area (Å²) in [5, 5.41) is 0. The first kappa shape index (κ1) is 17.2. The molecule has 0 saturated carbocycles. The molecule has 1 aromatic carbocycles. The van der Waals surface area contributed by atoms with Crippen LogP contribution in [0.1, 0.15) is 66.7 Å². The van der Waals surface area contributed by atoms with E-state index < -0.39 is 0 Å². The first-order valence-electron chi connectivity index (χ1n) is 9.45. The summed E-state index contributed by atoms with van der Waals surface area (Å²) in [6.07, 6.45) is 6.10. The average molecular weight is 328 g/mol. The fourth-order valence-corrected chi connectivity index (χ4v) is 4.43. The summed E-state index contributed by atoms with van der Waals surface area (Å²) in [5.74, 6) is 0.235. The molecule has 0 spiro atoms. The molecule has 2 atom stereocenters. The number of piperidine rings is 2. The molecule has 0 N–H and O–H groups in total. The van der Waals surface area contributed by atoms with Gasteiger partial charge in [0.2, 0.25) is 0 Å². The van der Waals surface area contributed by atoms with Gasteiger partial charge in [-0.25, -0.2) is 0 Å². The van der Waals surface area contributed by atoms with Crippen LogP contribution in [0.2, 0.25) is 0 Å². The number of amides is 2. The normalized spacial score (nSPS) is 26.5. The summed E-state index contributed by atoms with van der Waals surface area (Å²) in [4.78, 5) is 29.1. The van der Waals surface area contributed by atoms with Gasteiger partial charge in [-0.05, 0) is 56.8 Å². The Kier molecular flexibility index (Phi) is 5.34. The Morgan fingerprint density at radius 2 is 1.54 bits per heavy atom. The van der Waals surface area contributed by atoms with E-state index in [9.17, 15) is 9.59 Å². The van der Waals surface area contributed by atoms with Crippen molar-refractivity contribution in [2.24, 2.45) is 5.92 Å². The lowest BCUT2D eigenvalue weighted by Crippen LogP contribution is -2.51. The van der Waals surface area contributed by atoms with Gasteiger partial charge in [0.05, 0.1) is 11.1 Å². The zero-order chi connectivity index (χ0) is 17.1. The number of carbonyl (C=O) groups excluding carboxylic acids is 2. The maximum atomic E-state index is 12.5.